The summed E-state index contributed by atoms with van der Waals surface area (Å²) in [6, 6.07) is 17.9. The van der Waals surface area contributed by atoms with Gasteiger partial charge in [0.05, 0.1) is 0 Å². The number of benzene rings is 2. The number of carboxylic acid groups (broad SMARTS) is 1. The Morgan fingerprint density at radius 3 is 2.33 bits per heavy atom. The highest BCUT2D eigenvalue weighted by atomic mass is 32.1. The maximum atomic E-state index is 11.1. The molecule has 0 saturated heterocycles. The van der Waals surface area contributed by atoms with Crippen molar-refractivity contribution in [2.45, 2.75) is 6.92 Å². The van der Waals surface area contributed by atoms with Crippen LogP contribution in [0.4, 0.5) is 0 Å². The molecule has 118 valence electrons. The number of hydrogen-bond acceptors (Lipinski definition) is 3. The minimum atomic E-state index is -0.900. The van der Waals surface area contributed by atoms with E-state index in [9.17, 15) is 4.79 Å². The van der Waals surface area contributed by atoms with Crippen molar-refractivity contribution in [3.05, 3.63) is 65.0 Å². The summed E-state index contributed by atoms with van der Waals surface area (Å²) in [4.78, 5) is 13.1. The van der Waals surface area contributed by atoms with Crippen LogP contribution in [0.25, 0.3) is 27.6 Å². The Morgan fingerprint density at radius 2 is 1.62 bits per heavy atom. The van der Waals surface area contributed by atoms with E-state index < -0.39 is 5.97 Å². The van der Waals surface area contributed by atoms with Gasteiger partial charge < -0.3 is 9.84 Å². The van der Waals surface area contributed by atoms with E-state index in [-0.39, 0.29) is 0 Å². The fourth-order valence-electron chi connectivity index (χ4n) is 2.80. The minimum absolute atomic E-state index is 0.323. The highest BCUT2D eigenvalue weighted by Crippen LogP contribution is 2.50. The van der Waals surface area contributed by atoms with Crippen LogP contribution < -0.4 is 4.74 Å². The second-order valence-electron chi connectivity index (χ2n) is 5.62. The van der Waals surface area contributed by atoms with Crippen LogP contribution in [0.15, 0.2) is 60.2 Å². The van der Waals surface area contributed by atoms with Gasteiger partial charge in [-0.2, -0.15) is 0 Å². The lowest BCUT2D eigenvalue weighted by molar-refractivity contribution is -0.132. The molecule has 1 aromatic heterocycles. The molecule has 0 atom stereocenters. The Hall–Kier alpha value is -2.85. The number of ether oxygens (including phenoxy) is 1. The Balaban J connectivity index is 1.98. The van der Waals surface area contributed by atoms with Gasteiger partial charge in [-0.1, -0.05) is 30.3 Å². The molecule has 3 aromatic rings. The van der Waals surface area contributed by atoms with Gasteiger partial charge in [-0.15, -0.1) is 11.3 Å². The van der Waals surface area contributed by atoms with Crippen molar-refractivity contribution in [3.63, 3.8) is 0 Å². The average molecular weight is 334 g/mol. The molecular weight excluding hydrogens is 320 g/mol. The quantitative estimate of drug-likeness (QED) is 0.480. The van der Waals surface area contributed by atoms with Gasteiger partial charge in [-0.3, -0.25) is 0 Å². The molecule has 0 amide bonds. The van der Waals surface area contributed by atoms with Crippen LogP contribution in [0.5, 0.6) is 11.5 Å². The zero-order chi connectivity index (χ0) is 16.7. The zero-order valence-corrected chi connectivity index (χ0v) is 13.8. The molecule has 0 bridgehead atoms. The van der Waals surface area contributed by atoms with E-state index in [1.165, 1.54) is 0 Å². The van der Waals surface area contributed by atoms with Gasteiger partial charge in [-0.25, -0.2) is 4.79 Å². The molecule has 0 spiro atoms. The molecule has 0 aliphatic carbocycles. The second kappa shape index (κ2) is 5.65. The first-order valence-electron chi connectivity index (χ1n) is 7.55. The van der Waals surface area contributed by atoms with E-state index in [2.05, 4.69) is 0 Å². The number of hydrogen-bond donors (Lipinski definition) is 1. The average Bonchev–Trinajstić information content (AvgIpc) is 2.94. The fraction of sp³-hybridized carbons (Fsp3) is 0.0500. The normalized spacial score (nSPS) is 12.5. The lowest BCUT2D eigenvalue weighted by atomic mass is 10.0. The lowest BCUT2D eigenvalue weighted by Crippen LogP contribution is -1.94. The van der Waals surface area contributed by atoms with E-state index in [1.54, 1.807) is 24.3 Å². The van der Waals surface area contributed by atoms with Crippen LogP contribution in [0.2, 0.25) is 0 Å². The minimum Gasteiger partial charge on any atom is -0.478 e. The van der Waals surface area contributed by atoms with Crippen molar-refractivity contribution in [3.8, 4) is 33.1 Å². The topological polar surface area (TPSA) is 46.5 Å². The molecule has 0 radical (unpaired) electrons. The maximum Gasteiger partial charge on any atom is 0.331 e. The smallest absolute Gasteiger partial charge is 0.331 e. The highest BCUT2D eigenvalue weighted by molar-refractivity contribution is 7.17. The number of para-hydroxylation sites is 2. The van der Waals surface area contributed by atoms with E-state index >= 15 is 0 Å². The molecule has 1 aliphatic heterocycles. The monoisotopic (exact) mass is 334 g/mol. The molecule has 1 N–H and O–H groups in total. The highest BCUT2D eigenvalue weighted by Gasteiger charge is 2.22. The lowest BCUT2D eigenvalue weighted by Gasteiger charge is -2.08. The molecule has 4 heteroatoms. The second-order valence-corrected chi connectivity index (χ2v) is 6.70. The molecule has 0 unspecified atom stereocenters. The van der Waals surface area contributed by atoms with Crippen LogP contribution in [0.3, 0.4) is 0 Å². The predicted octanol–water partition coefficient (Wildman–Crippen LogP) is 5.68. The Kier molecular flexibility index (Phi) is 3.47. The molecule has 1 aliphatic rings. The van der Waals surface area contributed by atoms with Crippen LogP contribution >= 0.6 is 11.3 Å². The van der Waals surface area contributed by atoms with E-state index in [0.717, 1.165) is 37.9 Å². The Morgan fingerprint density at radius 1 is 1.00 bits per heavy atom. The molecule has 3 nitrogen and oxygen atoms in total. The van der Waals surface area contributed by atoms with Gasteiger partial charge in [0.15, 0.2) is 0 Å². The summed E-state index contributed by atoms with van der Waals surface area (Å²) in [5.74, 6) is 0.728. The van der Waals surface area contributed by atoms with Crippen LogP contribution in [-0.4, -0.2) is 11.1 Å². The molecular formula is C20H14O3S. The first-order valence-corrected chi connectivity index (χ1v) is 8.37. The van der Waals surface area contributed by atoms with Crippen molar-refractivity contribution >= 4 is 23.4 Å². The summed E-state index contributed by atoms with van der Waals surface area (Å²) < 4.78 is 6.10. The summed E-state index contributed by atoms with van der Waals surface area (Å²) in [5.41, 5.74) is 3.45. The molecule has 2 aromatic carbocycles. The van der Waals surface area contributed by atoms with E-state index in [1.807, 2.05) is 54.6 Å². The fourth-order valence-corrected chi connectivity index (χ4v) is 4.00. The number of carbonyl (C=O) groups is 1. The van der Waals surface area contributed by atoms with Crippen molar-refractivity contribution in [2.24, 2.45) is 0 Å². The van der Waals surface area contributed by atoms with Gasteiger partial charge in [0.1, 0.15) is 11.5 Å². The van der Waals surface area contributed by atoms with Crippen LogP contribution in [0, 0.1) is 0 Å². The van der Waals surface area contributed by atoms with Crippen molar-refractivity contribution in [1.82, 2.24) is 0 Å². The van der Waals surface area contributed by atoms with Crippen molar-refractivity contribution in [1.29, 1.82) is 0 Å². The van der Waals surface area contributed by atoms with Crippen LogP contribution in [-0.2, 0) is 4.79 Å². The molecule has 4 rings (SSSR count). The van der Waals surface area contributed by atoms with E-state index in [4.69, 9.17) is 9.84 Å². The third-order valence-corrected chi connectivity index (χ3v) is 5.09. The van der Waals surface area contributed by atoms with Gasteiger partial charge in [0, 0.05) is 32.0 Å². The zero-order valence-electron chi connectivity index (χ0n) is 12.9. The summed E-state index contributed by atoms with van der Waals surface area (Å²) in [5, 5.41) is 9.12. The number of fused-ring (bicyclic) bond motifs is 5. The van der Waals surface area contributed by atoms with Crippen LogP contribution in [0.1, 0.15) is 11.8 Å². The molecule has 24 heavy (non-hydrogen) atoms. The van der Waals surface area contributed by atoms with Gasteiger partial charge in [0.25, 0.3) is 0 Å². The first-order chi connectivity index (χ1) is 11.6. The van der Waals surface area contributed by atoms with Crippen molar-refractivity contribution in [2.75, 3.05) is 0 Å². The number of thiophene rings is 1. The van der Waals surface area contributed by atoms with Crippen molar-refractivity contribution < 1.29 is 14.6 Å². The SMILES string of the molecule is C/C(=C\c1cc2c(s1)-c1ccccc1Oc1ccccc1-2)C(=O)O. The Bertz CT molecular complexity index is 919. The molecule has 0 saturated carbocycles. The molecule has 0 fully saturated rings. The maximum absolute atomic E-state index is 11.1. The third-order valence-electron chi connectivity index (χ3n) is 3.98. The largest absolute Gasteiger partial charge is 0.478 e. The standard InChI is InChI=1S/C20H14O3S/c1-12(20(21)22)10-13-11-16-14-6-2-4-8-17(14)23-18-9-5-3-7-15(18)19(16)24-13/h2-11H,1H3,(H,21,22)/b12-10+. The summed E-state index contributed by atoms with van der Waals surface area (Å²) in [7, 11) is 0. The summed E-state index contributed by atoms with van der Waals surface area (Å²) in [6.07, 6.45) is 1.72. The van der Waals surface area contributed by atoms with E-state index in [0.29, 0.717) is 5.57 Å². The first kappa shape index (κ1) is 14.7. The van der Waals surface area contributed by atoms with Gasteiger partial charge in [-0.05, 0) is 37.3 Å². The molecule has 2 heterocycles. The number of carboxylic acids is 1. The summed E-state index contributed by atoms with van der Waals surface area (Å²) >= 11 is 1.58. The summed E-state index contributed by atoms with van der Waals surface area (Å²) in [6.45, 7) is 1.61. The predicted molar refractivity (Wildman–Crippen MR) is 96.6 cm³/mol. The Labute approximate surface area is 143 Å². The third kappa shape index (κ3) is 2.41. The number of aliphatic carboxylic acids is 1. The van der Waals surface area contributed by atoms with Gasteiger partial charge >= 0.3 is 5.97 Å². The number of rotatable bonds is 2. The van der Waals surface area contributed by atoms with Gasteiger partial charge in [0.2, 0.25) is 0 Å².